The van der Waals surface area contributed by atoms with Crippen molar-refractivity contribution in [2.24, 2.45) is 5.92 Å². The number of ether oxygens (including phenoxy) is 1. The van der Waals surface area contributed by atoms with Crippen molar-refractivity contribution in [2.75, 3.05) is 11.9 Å². The molecular weight excluding hydrogens is 384 g/mol. The lowest BCUT2D eigenvalue weighted by Gasteiger charge is -2.21. The van der Waals surface area contributed by atoms with Crippen LogP contribution in [0, 0.1) is 5.92 Å². The van der Waals surface area contributed by atoms with Gasteiger partial charge in [-0.2, -0.15) is 0 Å². The molecule has 0 fully saturated rings. The van der Waals surface area contributed by atoms with Crippen molar-refractivity contribution in [2.45, 2.75) is 44.6 Å². The van der Waals surface area contributed by atoms with Gasteiger partial charge in [0.05, 0.1) is 10.6 Å². The van der Waals surface area contributed by atoms with Crippen LogP contribution in [-0.2, 0) is 14.8 Å². The number of carbonyl (C=O) groups is 1. The summed E-state index contributed by atoms with van der Waals surface area (Å²) < 4.78 is 33.5. The summed E-state index contributed by atoms with van der Waals surface area (Å²) >= 11 is 3.26. The first-order valence-electron chi connectivity index (χ1n) is 7.47. The van der Waals surface area contributed by atoms with E-state index in [0.29, 0.717) is 21.8 Å². The average molecular weight is 405 g/mol. The van der Waals surface area contributed by atoms with Gasteiger partial charge in [0.25, 0.3) is 5.91 Å². The number of halogens is 1. The first-order chi connectivity index (χ1) is 10.7. The molecule has 0 aromatic heterocycles. The van der Waals surface area contributed by atoms with Crippen molar-refractivity contribution in [3.8, 4) is 5.75 Å². The number of fused-ring (bicyclic) bond motifs is 1. The Kier molecular flexibility index (Phi) is 5.70. The number of benzene rings is 1. The Bertz CT molecular complexity index is 704. The van der Waals surface area contributed by atoms with Crippen LogP contribution in [0.15, 0.2) is 21.5 Å². The Morgan fingerprint density at radius 1 is 1.30 bits per heavy atom. The molecule has 2 N–H and O–H groups in total. The fraction of sp³-hybridized carbons (Fsp3) is 0.533. The Hall–Kier alpha value is -1.12. The molecule has 0 unspecified atom stereocenters. The second-order valence-corrected chi connectivity index (χ2v) is 8.65. The van der Waals surface area contributed by atoms with Crippen LogP contribution in [-0.4, -0.2) is 27.0 Å². The van der Waals surface area contributed by atoms with Crippen molar-refractivity contribution in [3.63, 3.8) is 0 Å². The third kappa shape index (κ3) is 4.68. The molecule has 0 aliphatic carbocycles. The van der Waals surface area contributed by atoms with Crippen molar-refractivity contribution in [1.82, 2.24) is 4.72 Å². The summed E-state index contributed by atoms with van der Waals surface area (Å²) in [5.41, 5.74) is 0.458. The Morgan fingerprint density at radius 2 is 2.00 bits per heavy atom. The molecule has 8 heteroatoms. The van der Waals surface area contributed by atoms with Crippen LogP contribution in [0.5, 0.6) is 5.75 Å². The minimum atomic E-state index is -3.67. The predicted molar refractivity (Wildman–Crippen MR) is 92.1 cm³/mol. The van der Waals surface area contributed by atoms with Gasteiger partial charge in [-0.05, 0) is 47.7 Å². The van der Waals surface area contributed by atoms with Crippen LogP contribution in [0.25, 0.3) is 0 Å². The highest BCUT2D eigenvalue weighted by Gasteiger charge is 2.25. The van der Waals surface area contributed by atoms with Gasteiger partial charge in [-0.3, -0.25) is 4.79 Å². The second-order valence-electron chi connectivity index (χ2n) is 6.11. The van der Waals surface area contributed by atoms with Gasteiger partial charge < -0.3 is 10.1 Å². The van der Waals surface area contributed by atoms with Gasteiger partial charge in [-0.1, -0.05) is 13.8 Å². The van der Waals surface area contributed by atoms with Gasteiger partial charge in [-0.25, -0.2) is 13.1 Å². The summed E-state index contributed by atoms with van der Waals surface area (Å²) in [6.07, 6.45) is 1.72. The molecule has 0 saturated heterocycles. The third-order valence-electron chi connectivity index (χ3n) is 3.49. The molecule has 1 amide bonds. The second kappa shape index (κ2) is 7.19. The molecule has 1 aliphatic heterocycles. The molecule has 1 aliphatic rings. The number of nitrogens with one attached hydrogen (secondary N) is 2. The number of amides is 1. The number of hydrogen-bond acceptors (Lipinski definition) is 4. The molecule has 1 heterocycles. The lowest BCUT2D eigenvalue weighted by atomic mass is 10.1. The molecular formula is C15H21BrN2O4S. The summed E-state index contributed by atoms with van der Waals surface area (Å²) in [6, 6.07) is 2.81. The van der Waals surface area contributed by atoms with Gasteiger partial charge in [0, 0.05) is 16.6 Å². The highest BCUT2D eigenvalue weighted by Crippen LogP contribution is 2.35. The zero-order valence-electron chi connectivity index (χ0n) is 13.3. The Labute approximate surface area is 145 Å². The van der Waals surface area contributed by atoms with E-state index < -0.39 is 10.0 Å². The van der Waals surface area contributed by atoms with Gasteiger partial charge in [0.1, 0.15) is 5.75 Å². The molecule has 128 valence electrons. The topological polar surface area (TPSA) is 84.5 Å². The summed E-state index contributed by atoms with van der Waals surface area (Å²) in [4.78, 5) is 11.4. The number of hydrogen-bond donors (Lipinski definition) is 2. The van der Waals surface area contributed by atoms with E-state index in [0.717, 1.165) is 12.8 Å². The average Bonchev–Trinajstić information content (AvgIpc) is 2.43. The normalized spacial score (nSPS) is 15.8. The fourth-order valence-corrected chi connectivity index (χ4v) is 4.59. The molecule has 0 radical (unpaired) electrons. The van der Waals surface area contributed by atoms with E-state index in [9.17, 15) is 13.2 Å². The molecule has 6 nitrogen and oxygen atoms in total. The molecule has 0 spiro atoms. The van der Waals surface area contributed by atoms with Crippen molar-refractivity contribution in [3.05, 3.63) is 16.6 Å². The largest absolute Gasteiger partial charge is 0.482 e. The molecule has 1 aromatic carbocycles. The molecule has 1 aromatic rings. The molecule has 23 heavy (non-hydrogen) atoms. The van der Waals surface area contributed by atoms with Crippen LogP contribution in [0.3, 0.4) is 0 Å². The van der Waals surface area contributed by atoms with Gasteiger partial charge in [0.2, 0.25) is 10.0 Å². The maximum absolute atomic E-state index is 12.6. The number of carbonyl (C=O) groups excluding carboxylic acids is 1. The fourth-order valence-electron chi connectivity index (χ4n) is 2.26. The summed E-state index contributed by atoms with van der Waals surface area (Å²) in [7, 11) is -3.67. The quantitative estimate of drug-likeness (QED) is 0.762. The maximum atomic E-state index is 12.6. The van der Waals surface area contributed by atoms with E-state index in [4.69, 9.17) is 4.74 Å². The third-order valence-corrected chi connectivity index (χ3v) is 6.04. The van der Waals surface area contributed by atoms with Gasteiger partial charge in [-0.15, -0.1) is 0 Å². The molecule has 0 saturated carbocycles. The number of rotatable bonds is 6. The van der Waals surface area contributed by atoms with E-state index in [-0.39, 0.29) is 23.5 Å². The first-order valence-corrected chi connectivity index (χ1v) is 9.75. The smallest absolute Gasteiger partial charge is 0.262 e. The highest BCUT2D eigenvalue weighted by atomic mass is 79.9. The van der Waals surface area contributed by atoms with Crippen molar-refractivity contribution < 1.29 is 17.9 Å². The minimum Gasteiger partial charge on any atom is -0.482 e. The number of anilines is 1. The Balaban J connectivity index is 2.21. The van der Waals surface area contributed by atoms with E-state index >= 15 is 0 Å². The lowest BCUT2D eigenvalue weighted by Crippen LogP contribution is -2.33. The van der Waals surface area contributed by atoms with Crippen LogP contribution in [0.4, 0.5) is 5.69 Å². The number of sulfonamides is 1. The predicted octanol–water partition coefficient (Wildman–Crippen LogP) is 2.88. The summed E-state index contributed by atoms with van der Waals surface area (Å²) in [5, 5.41) is 2.64. The maximum Gasteiger partial charge on any atom is 0.262 e. The summed E-state index contributed by atoms with van der Waals surface area (Å²) in [5.74, 6) is 0.609. The molecule has 2 rings (SSSR count). The van der Waals surface area contributed by atoms with Crippen molar-refractivity contribution in [1.29, 1.82) is 0 Å². The summed E-state index contributed by atoms with van der Waals surface area (Å²) in [6.45, 7) is 5.94. The highest BCUT2D eigenvalue weighted by molar-refractivity contribution is 9.10. The van der Waals surface area contributed by atoms with Crippen LogP contribution < -0.4 is 14.8 Å². The zero-order chi connectivity index (χ0) is 17.2. The zero-order valence-corrected chi connectivity index (χ0v) is 15.8. The van der Waals surface area contributed by atoms with E-state index in [1.807, 2.05) is 6.92 Å². The van der Waals surface area contributed by atoms with Crippen molar-refractivity contribution >= 4 is 37.5 Å². The standard InChI is InChI=1S/C15H21BrN2O4S/c1-9(2)4-5-10(3)18-23(20,21)14-7-13-12(6-11(14)16)17-15(19)8-22-13/h6-7,9-10,18H,4-5,8H2,1-3H3,(H,17,19)/t10-/m1/s1. The molecule has 0 bridgehead atoms. The van der Waals surface area contributed by atoms with Crippen LogP contribution in [0.1, 0.15) is 33.6 Å². The van der Waals surface area contributed by atoms with Gasteiger partial charge in [0.15, 0.2) is 6.61 Å². The monoisotopic (exact) mass is 404 g/mol. The molecule has 1 atom stereocenters. The lowest BCUT2D eigenvalue weighted by molar-refractivity contribution is -0.118. The first kappa shape index (κ1) is 18.2. The van der Waals surface area contributed by atoms with Crippen LogP contribution >= 0.6 is 15.9 Å². The van der Waals surface area contributed by atoms with E-state index in [1.54, 1.807) is 6.07 Å². The minimum absolute atomic E-state index is 0.101. The van der Waals surface area contributed by atoms with Gasteiger partial charge >= 0.3 is 0 Å². The van der Waals surface area contributed by atoms with E-state index in [2.05, 4.69) is 39.8 Å². The Morgan fingerprint density at radius 3 is 2.65 bits per heavy atom. The van der Waals surface area contributed by atoms with E-state index in [1.165, 1.54) is 6.07 Å². The van der Waals surface area contributed by atoms with Crippen LogP contribution in [0.2, 0.25) is 0 Å². The SMILES string of the molecule is CC(C)CC[C@@H](C)NS(=O)(=O)c1cc2c(cc1Br)NC(=O)CO2.